The summed E-state index contributed by atoms with van der Waals surface area (Å²) < 4.78 is 19.3. The van der Waals surface area contributed by atoms with Crippen LogP contribution in [0.1, 0.15) is 18.4 Å². The first-order chi connectivity index (χ1) is 10.1. The Morgan fingerprint density at radius 2 is 1.95 bits per heavy atom. The first-order valence-corrected chi connectivity index (χ1v) is 7.53. The normalized spacial score (nSPS) is 14.2. The Hall–Kier alpha value is -1.29. The Morgan fingerprint density at radius 1 is 1.14 bits per heavy atom. The molecule has 2 nitrogen and oxygen atoms in total. The van der Waals surface area contributed by atoms with E-state index < -0.39 is 5.82 Å². The van der Waals surface area contributed by atoms with Gasteiger partial charge in [0.05, 0.1) is 5.02 Å². The lowest BCUT2D eigenvalue weighted by Crippen LogP contribution is -2.15. The van der Waals surface area contributed by atoms with Crippen LogP contribution < -0.4 is 10.1 Å². The van der Waals surface area contributed by atoms with Gasteiger partial charge in [0.2, 0.25) is 0 Å². The number of benzene rings is 2. The fraction of sp³-hybridized carbons (Fsp3) is 0.250. The summed E-state index contributed by atoms with van der Waals surface area (Å²) in [5, 5.41) is 4.03. The first kappa shape index (κ1) is 14.6. The van der Waals surface area contributed by atoms with Crippen molar-refractivity contribution in [2.24, 2.45) is 0 Å². The van der Waals surface area contributed by atoms with Gasteiger partial charge in [-0.25, -0.2) is 4.39 Å². The third kappa shape index (κ3) is 3.67. The summed E-state index contributed by atoms with van der Waals surface area (Å²) in [5.74, 6) is -0.00599. The van der Waals surface area contributed by atoms with Gasteiger partial charge in [-0.05, 0) is 42.7 Å². The van der Waals surface area contributed by atoms with Crippen molar-refractivity contribution in [1.82, 2.24) is 5.32 Å². The van der Waals surface area contributed by atoms with Crippen LogP contribution >= 0.6 is 23.2 Å². The predicted molar refractivity (Wildman–Crippen MR) is 82.8 cm³/mol. The molecule has 0 aliphatic heterocycles. The Bertz CT molecular complexity index is 659. The van der Waals surface area contributed by atoms with Crippen molar-refractivity contribution in [3.8, 4) is 11.5 Å². The van der Waals surface area contributed by atoms with Crippen LogP contribution in [0.15, 0.2) is 36.4 Å². The second-order valence-corrected chi connectivity index (χ2v) is 5.88. The zero-order valence-electron chi connectivity index (χ0n) is 11.2. The van der Waals surface area contributed by atoms with Crippen molar-refractivity contribution >= 4 is 23.2 Å². The fourth-order valence-electron chi connectivity index (χ4n) is 1.97. The highest BCUT2D eigenvalue weighted by Gasteiger charge is 2.20. The molecule has 1 fully saturated rings. The topological polar surface area (TPSA) is 21.3 Å². The quantitative estimate of drug-likeness (QED) is 0.818. The molecule has 0 unspecified atom stereocenters. The molecule has 1 aliphatic carbocycles. The second-order valence-electron chi connectivity index (χ2n) is 5.06. The Morgan fingerprint density at radius 3 is 2.67 bits per heavy atom. The molecule has 0 saturated heterocycles. The van der Waals surface area contributed by atoms with E-state index in [0.717, 1.165) is 12.1 Å². The van der Waals surface area contributed by atoms with E-state index in [2.05, 4.69) is 5.32 Å². The number of nitrogens with one attached hydrogen (secondary N) is 1. The smallest absolute Gasteiger partial charge is 0.184 e. The van der Waals surface area contributed by atoms with E-state index in [1.807, 2.05) is 6.07 Å². The van der Waals surface area contributed by atoms with E-state index in [0.29, 0.717) is 16.8 Å². The largest absolute Gasteiger partial charge is 0.454 e. The Balaban J connectivity index is 1.73. The van der Waals surface area contributed by atoms with Crippen LogP contribution in [0.2, 0.25) is 10.0 Å². The van der Waals surface area contributed by atoms with E-state index in [4.69, 9.17) is 27.9 Å². The van der Waals surface area contributed by atoms with Gasteiger partial charge in [0, 0.05) is 17.6 Å². The summed E-state index contributed by atoms with van der Waals surface area (Å²) in [6.45, 7) is 0.731. The molecule has 1 aliphatic rings. The molecule has 110 valence electrons. The number of rotatable bonds is 5. The SMILES string of the molecule is Fc1c(Cl)cccc1Oc1ccc(CNC2CC2)c(Cl)c1. The van der Waals surface area contributed by atoms with Crippen LogP contribution in [0.4, 0.5) is 4.39 Å². The van der Waals surface area contributed by atoms with Gasteiger partial charge in [-0.2, -0.15) is 0 Å². The summed E-state index contributed by atoms with van der Waals surface area (Å²) in [4.78, 5) is 0. The zero-order valence-corrected chi connectivity index (χ0v) is 12.7. The van der Waals surface area contributed by atoms with Crippen LogP contribution in [0.25, 0.3) is 0 Å². The Labute approximate surface area is 132 Å². The molecule has 0 amide bonds. The molecule has 3 rings (SSSR count). The highest BCUT2D eigenvalue weighted by molar-refractivity contribution is 6.31. The van der Waals surface area contributed by atoms with Crippen molar-refractivity contribution in [2.75, 3.05) is 0 Å². The molecule has 0 radical (unpaired) electrons. The minimum atomic E-state index is -0.574. The van der Waals surface area contributed by atoms with Gasteiger partial charge in [0.15, 0.2) is 11.6 Å². The number of ether oxygens (including phenoxy) is 1. The molecule has 21 heavy (non-hydrogen) atoms. The fourth-order valence-corrected chi connectivity index (χ4v) is 2.37. The maximum absolute atomic E-state index is 13.8. The molecule has 1 saturated carbocycles. The first-order valence-electron chi connectivity index (χ1n) is 6.77. The van der Waals surface area contributed by atoms with E-state index in [1.165, 1.54) is 25.0 Å². The molecular formula is C16H14Cl2FNO. The summed E-state index contributed by atoms with van der Waals surface area (Å²) in [6, 6.07) is 10.6. The predicted octanol–water partition coefficient (Wildman–Crippen LogP) is 5.18. The molecule has 0 heterocycles. The molecule has 0 aromatic heterocycles. The lowest BCUT2D eigenvalue weighted by atomic mass is 10.2. The second kappa shape index (κ2) is 6.22. The monoisotopic (exact) mass is 325 g/mol. The Kier molecular flexibility index (Phi) is 4.34. The van der Waals surface area contributed by atoms with Crippen LogP contribution in [0.3, 0.4) is 0 Å². The van der Waals surface area contributed by atoms with Crippen LogP contribution in [0.5, 0.6) is 11.5 Å². The summed E-state index contributed by atoms with van der Waals surface area (Å²) in [6.07, 6.45) is 2.46. The van der Waals surface area contributed by atoms with E-state index >= 15 is 0 Å². The third-order valence-electron chi connectivity index (χ3n) is 3.33. The molecule has 0 atom stereocenters. The highest BCUT2D eigenvalue weighted by Crippen LogP contribution is 2.31. The zero-order chi connectivity index (χ0) is 14.8. The molecule has 5 heteroatoms. The van der Waals surface area contributed by atoms with Gasteiger partial charge < -0.3 is 10.1 Å². The third-order valence-corrected chi connectivity index (χ3v) is 3.97. The van der Waals surface area contributed by atoms with Crippen molar-refractivity contribution in [3.63, 3.8) is 0 Å². The van der Waals surface area contributed by atoms with Gasteiger partial charge >= 0.3 is 0 Å². The van der Waals surface area contributed by atoms with Crippen molar-refractivity contribution in [2.45, 2.75) is 25.4 Å². The van der Waals surface area contributed by atoms with E-state index in [1.54, 1.807) is 18.2 Å². The summed E-state index contributed by atoms with van der Waals surface area (Å²) >= 11 is 12.0. The maximum Gasteiger partial charge on any atom is 0.184 e. The standard InChI is InChI=1S/C16H14Cl2FNO/c17-13-2-1-3-15(16(13)19)21-12-7-4-10(14(18)8-12)9-20-11-5-6-11/h1-4,7-8,11,20H,5-6,9H2. The van der Waals surface area contributed by atoms with Crippen LogP contribution in [-0.2, 0) is 6.54 Å². The molecule has 0 bridgehead atoms. The maximum atomic E-state index is 13.8. The highest BCUT2D eigenvalue weighted by atomic mass is 35.5. The minimum absolute atomic E-state index is 0.0313. The van der Waals surface area contributed by atoms with Gasteiger partial charge in [0.1, 0.15) is 5.75 Å². The molecule has 0 spiro atoms. The average Bonchev–Trinajstić information content (AvgIpc) is 3.27. The van der Waals surface area contributed by atoms with Crippen LogP contribution in [-0.4, -0.2) is 6.04 Å². The number of hydrogen-bond donors (Lipinski definition) is 1. The lowest BCUT2D eigenvalue weighted by Gasteiger charge is -2.10. The number of hydrogen-bond acceptors (Lipinski definition) is 2. The van der Waals surface area contributed by atoms with E-state index in [-0.39, 0.29) is 10.8 Å². The summed E-state index contributed by atoms with van der Waals surface area (Å²) in [5.41, 5.74) is 1.00. The lowest BCUT2D eigenvalue weighted by molar-refractivity contribution is 0.442. The van der Waals surface area contributed by atoms with Gasteiger partial charge in [-0.1, -0.05) is 35.3 Å². The molecular weight excluding hydrogens is 312 g/mol. The van der Waals surface area contributed by atoms with Gasteiger partial charge in [-0.3, -0.25) is 0 Å². The number of halogens is 3. The summed E-state index contributed by atoms with van der Waals surface area (Å²) in [7, 11) is 0. The van der Waals surface area contributed by atoms with Gasteiger partial charge in [-0.15, -0.1) is 0 Å². The molecule has 2 aromatic rings. The average molecular weight is 326 g/mol. The van der Waals surface area contributed by atoms with Crippen LogP contribution in [0, 0.1) is 5.82 Å². The van der Waals surface area contributed by atoms with E-state index in [9.17, 15) is 4.39 Å². The van der Waals surface area contributed by atoms with Crippen molar-refractivity contribution < 1.29 is 9.13 Å². The van der Waals surface area contributed by atoms with Gasteiger partial charge in [0.25, 0.3) is 0 Å². The minimum Gasteiger partial charge on any atom is -0.454 e. The molecule has 1 N–H and O–H groups in total. The molecule has 2 aromatic carbocycles. The van der Waals surface area contributed by atoms with Crippen molar-refractivity contribution in [3.05, 3.63) is 57.8 Å². The van der Waals surface area contributed by atoms with Crippen molar-refractivity contribution in [1.29, 1.82) is 0 Å².